The first kappa shape index (κ1) is 14.5. The summed E-state index contributed by atoms with van der Waals surface area (Å²) in [5, 5.41) is 3.32. The van der Waals surface area contributed by atoms with E-state index < -0.39 is 0 Å². The van der Waals surface area contributed by atoms with Crippen LogP contribution in [0.5, 0.6) is 0 Å². The van der Waals surface area contributed by atoms with Crippen molar-refractivity contribution in [2.75, 3.05) is 39.3 Å². The Morgan fingerprint density at radius 2 is 2.12 bits per heavy atom. The average Bonchev–Trinajstić information content (AvgIpc) is 2.81. The van der Waals surface area contributed by atoms with Gasteiger partial charge in [0.05, 0.1) is 12.5 Å². The summed E-state index contributed by atoms with van der Waals surface area (Å²) in [7, 11) is 0. The Kier molecular flexibility index (Phi) is 7.21. The first-order valence-electron chi connectivity index (χ1n) is 6.83. The molecule has 1 saturated heterocycles. The summed E-state index contributed by atoms with van der Waals surface area (Å²) in [6, 6.07) is 0. The molecule has 0 saturated carbocycles. The van der Waals surface area contributed by atoms with E-state index >= 15 is 0 Å². The van der Waals surface area contributed by atoms with Gasteiger partial charge in [0.15, 0.2) is 0 Å². The van der Waals surface area contributed by atoms with Crippen LogP contribution in [0.25, 0.3) is 0 Å². The maximum absolute atomic E-state index is 11.3. The molecule has 4 heteroatoms. The number of rotatable bonds is 8. The fourth-order valence-corrected chi connectivity index (χ4v) is 2.12. The topological polar surface area (TPSA) is 41.6 Å². The predicted molar refractivity (Wildman–Crippen MR) is 69.0 cm³/mol. The van der Waals surface area contributed by atoms with Crippen LogP contribution < -0.4 is 5.32 Å². The lowest BCUT2D eigenvalue weighted by molar-refractivity contribution is -0.147. The summed E-state index contributed by atoms with van der Waals surface area (Å²) in [6.07, 6.45) is 3.87. The summed E-state index contributed by atoms with van der Waals surface area (Å²) in [6.45, 7) is 9.63. The number of carbonyl (C=O) groups excluding carboxylic acids is 1. The third-order valence-corrected chi connectivity index (χ3v) is 3.17. The van der Waals surface area contributed by atoms with E-state index in [-0.39, 0.29) is 11.9 Å². The molecule has 0 aliphatic carbocycles. The number of hydrogen-bond donors (Lipinski definition) is 1. The van der Waals surface area contributed by atoms with Gasteiger partial charge in [0.25, 0.3) is 0 Å². The van der Waals surface area contributed by atoms with Crippen LogP contribution in [0, 0.1) is 5.92 Å². The fourth-order valence-electron chi connectivity index (χ4n) is 2.12. The Hall–Kier alpha value is -0.610. The number of nitrogens with zero attached hydrogens (tertiary/aromatic N) is 1. The summed E-state index contributed by atoms with van der Waals surface area (Å²) in [5.74, 6) is -0.138. The van der Waals surface area contributed by atoms with Crippen molar-refractivity contribution in [2.24, 2.45) is 5.92 Å². The Labute approximate surface area is 105 Å². The minimum Gasteiger partial charge on any atom is -0.466 e. The van der Waals surface area contributed by atoms with Crippen molar-refractivity contribution >= 4 is 5.97 Å². The highest BCUT2D eigenvalue weighted by atomic mass is 16.5. The number of nitrogens with one attached hydrogen (secondary N) is 1. The van der Waals surface area contributed by atoms with Crippen molar-refractivity contribution in [3.05, 3.63) is 0 Å². The van der Waals surface area contributed by atoms with Crippen LogP contribution in [0.3, 0.4) is 0 Å². The summed E-state index contributed by atoms with van der Waals surface area (Å²) in [5.41, 5.74) is 0. The Bertz CT molecular complexity index is 215. The summed E-state index contributed by atoms with van der Waals surface area (Å²) < 4.78 is 4.95. The summed E-state index contributed by atoms with van der Waals surface area (Å²) in [4.78, 5) is 13.9. The van der Waals surface area contributed by atoms with Crippen molar-refractivity contribution in [2.45, 2.75) is 33.1 Å². The largest absolute Gasteiger partial charge is 0.466 e. The third-order valence-electron chi connectivity index (χ3n) is 3.17. The quantitative estimate of drug-likeness (QED) is 0.514. The molecular weight excluding hydrogens is 216 g/mol. The van der Waals surface area contributed by atoms with Gasteiger partial charge in [-0.1, -0.05) is 6.92 Å². The van der Waals surface area contributed by atoms with E-state index in [4.69, 9.17) is 4.74 Å². The molecule has 4 nitrogen and oxygen atoms in total. The second kappa shape index (κ2) is 8.48. The fraction of sp³-hybridized carbons (Fsp3) is 0.923. The highest BCUT2D eigenvalue weighted by Gasteiger charge is 2.13. The molecular formula is C13H26N2O2. The maximum Gasteiger partial charge on any atom is 0.309 e. The molecule has 0 spiro atoms. The molecule has 1 atom stereocenters. The van der Waals surface area contributed by atoms with E-state index in [1.165, 1.54) is 32.5 Å². The number of carbonyl (C=O) groups is 1. The molecule has 0 aromatic carbocycles. The monoisotopic (exact) mass is 242 g/mol. The van der Waals surface area contributed by atoms with Gasteiger partial charge in [-0.25, -0.2) is 0 Å². The number of likely N-dealkylation sites (tertiary alicyclic amines) is 1. The van der Waals surface area contributed by atoms with Crippen molar-refractivity contribution in [1.29, 1.82) is 0 Å². The van der Waals surface area contributed by atoms with E-state index in [2.05, 4.69) is 10.2 Å². The van der Waals surface area contributed by atoms with Gasteiger partial charge in [0.2, 0.25) is 0 Å². The zero-order valence-electron chi connectivity index (χ0n) is 11.2. The number of ether oxygens (including phenoxy) is 1. The van der Waals surface area contributed by atoms with Crippen LogP contribution in [-0.4, -0.2) is 50.2 Å². The lowest BCUT2D eigenvalue weighted by Gasteiger charge is -2.15. The van der Waals surface area contributed by atoms with Crippen molar-refractivity contribution in [3.8, 4) is 0 Å². The van der Waals surface area contributed by atoms with Gasteiger partial charge in [-0.05, 0) is 52.4 Å². The van der Waals surface area contributed by atoms with Crippen molar-refractivity contribution in [3.63, 3.8) is 0 Å². The molecule has 0 amide bonds. The molecule has 1 aliphatic heterocycles. The molecule has 0 aromatic heterocycles. The molecule has 1 fully saturated rings. The van der Waals surface area contributed by atoms with Gasteiger partial charge in [0, 0.05) is 6.54 Å². The van der Waals surface area contributed by atoms with E-state index in [9.17, 15) is 4.79 Å². The summed E-state index contributed by atoms with van der Waals surface area (Å²) >= 11 is 0. The molecule has 1 aliphatic rings. The van der Waals surface area contributed by atoms with Crippen LogP contribution in [0.2, 0.25) is 0 Å². The molecule has 1 unspecified atom stereocenters. The van der Waals surface area contributed by atoms with Crippen LogP contribution >= 0.6 is 0 Å². The van der Waals surface area contributed by atoms with E-state index in [0.717, 1.165) is 19.5 Å². The van der Waals surface area contributed by atoms with Gasteiger partial charge < -0.3 is 15.0 Å². The minimum atomic E-state index is -0.0976. The molecule has 1 heterocycles. The molecule has 1 N–H and O–H groups in total. The van der Waals surface area contributed by atoms with E-state index in [1.54, 1.807) is 0 Å². The van der Waals surface area contributed by atoms with Crippen LogP contribution in [-0.2, 0) is 9.53 Å². The molecule has 1 rings (SSSR count). The smallest absolute Gasteiger partial charge is 0.309 e. The molecule has 0 radical (unpaired) electrons. The predicted octanol–water partition coefficient (Wildman–Crippen LogP) is 1.26. The lowest BCUT2D eigenvalue weighted by atomic mass is 10.2. The first-order chi connectivity index (χ1) is 8.24. The van der Waals surface area contributed by atoms with Gasteiger partial charge in [-0.15, -0.1) is 0 Å². The van der Waals surface area contributed by atoms with Crippen molar-refractivity contribution < 1.29 is 9.53 Å². The highest BCUT2D eigenvalue weighted by Crippen LogP contribution is 2.06. The normalized spacial score (nSPS) is 18.2. The van der Waals surface area contributed by atoms with E-state index in [0.29, 0.717) is 6.61 Å². The first-order valence-corrected chi connectivity index (χ1v) is 6.83. The second-order valence-electron chi connectivity index (χ2n) is 4.76. The zero-order chi connectivity index (χ0) is 12.5. The Morgan fingerprint density at radius 1 is 1.41 bits per heavy atom. The minimum absolute atomic E-state index is 0.0401. The molecule has 17 heavy (non-hydrogen) atoms. The lowest BCUT2D eigenvalue weighted by Crippen LogP contribution is -2.30. The van der Waals surface area contributed by atoms with Gasteiger partial charge in [-0.2, -0.15) is 0 Å². The Balaban J connectivity index is 1.94. The van der Waals surface area contributed by atoms with E-state index in [1.807, 2.05) is 13.8 Å². The average molecular weight is 242 g/mol. The van der Waals surface area contributed by atoms with Crippen molar-refractivity contribution in [1.82, 2.24) is 10.2 Å². The van der Waals surface area contributed by atoms with Gasteiger partial charge in [-0.3, -0.25) is 4.79 Å². The molecule has 0 aromatic rings. The van der Waals surface area contributed by atoms with Gasteiger partial charge in [0.1, 0.15) is 0 Å². The Morgan fingerprint density at radius 3 is 2.76 bits per heavy atom. The van der Waals surface area contributed by atoms with Crippen LogP contribution in [0.15, 0.2) is 0 Å². The third kappa shape index (κ3) is 6.03. The highest BCUT2D eigenvalue weighted by molar-refractivity contribution is 5.72. The SMILES string of the molecule is CCOC(=O)C(C)CNCCCN1CCCC1. The molecule has 0 bridgehead atoms. The van der Waals surface area contributed by atoms with Crippen LogP contribution in [0.1, 0.15) is 33.1 Å². The molecule has 100 valence electrons. The zero-order valence-corrected chi connectivity index (χ0v) is 11.2. The van der Waals surface area contributed by atoms with Crippen LogP contribution in [0.4, 0.5) is 0 Å². The number of hydrogen-bond acceptors (Lipinski definition) is 4. The standard InChI is InChI=1S/C13H26N2O2/c1-3-17-13(16)12(2)11-14-7-6-10-15-8-4-5-9-15/h12,14H,3-11H2,1-2H3. The number of esters is 1. The second-order valence-corrected chi connectivity index (χ2v) is 4.76. The van der Waals surface area contributed by atoms with Gasteiger partial charge >= 0.3 is 5.97 Å². The maximum atomic E-state index is 11.3.